The van der Waals surface area contributed by atoms with Gasteiger partial charge in [0.05, 0.1) is 0 Å². The van der Waals surface area contributed by atoms with E-state index in [4.69, 9.17) is 17.3 Å². The van der Waals surface area contributed by atoms with Crippen molar-refractivity contribution in [1.82, 2.24) is 4.90 Å². The van der Waals surface area contributed by atoms with Gasteiger partial charge < -0.3 is 5.73 Å². The number of halogens is 2. The van der Waals surface area contributed by atoms with Crippen LogP contribution in [0.4, 0.5) is 4.39 Å². The Morgan fingerprint density at radius 3 is 2.43 bits per heavy atom. The minimum absolute atomic E-state index is 0.0252. The van der Waals surface area contributed by atoms with Gasteiger partial charge in [0.2, 0.25) is 0 Å². The molecule has 4 heteroatoms. The van der Waals surface area contributed by atoms with Gasteiger partial charge in [0.1, 0.15) is 5.82 Å². The largest absolute Gasteiger partial charge is 0.326 e. The lowest BCUT2D eigenvalue weighted by Crippen LogP contribution is -2.59. The maximum absolute atomic E-state index is 14.0. The molecule has 0 bridgehead atoms. The Bertz CT molecular complexity index is 468. The normalized spacial score (nSPS) is 18.1. The molecule has 2 N–H and O–H groups in total. The number of likely N-dealkylation sites (tertiary alicyclic amines) is 1. The van der Waals surface area contributed by atoms with E-state index in [1.54, 1.807) is 12.1 Å². The Labute approximate surface area is 132 Å². The Balaban J connectivity index is 2.20. The monoisotopic (exact) mass is 312 g/mol. The second kappa shape index (κ2) is 7.08. The number of hydrogen-bond acceptors (Lipinski definition) is 2. The summed E-state index contributed by atoms with van der Waals surface area (Å²) < 4.78 is 14.0. The number of benzene rings is 1. The topological polar surface area (TPSA) is 29.3 Å². The van der Waals surface area contributed by atoms with Crippen molar-refractivity contribution in [3.63, 3.8) is 0 Å². The van der Waals surface area contributed by atoms with Crippen LogP contribution in [0.5, 0.6) is 0 Å². The molecule has 2 nitrogen and oxygen atoms in total. The summed E-state index contributed by atoms with van der Waals surface area (Å²) in [5, 5.41) is 0.432. The molecule has 1 aromatic carbocycles. The van der Waals surface area contributed by atoms with Gasteiger partial charge in [-0.1, -0.05) is 31.5 Å². The molecule has 2 rings (SSSR count). The van der Waals surface area contributed by atoms with Crippen LogP contribution in [0.1, 0.15) is 45.1 Å². The molecule has 21 heavy (non-hydrogen) atoms. The third-order valence-electron chi connectivity index (χ3n) is 5.11. The van der Waals surface area contributed by atoms with Gasteiger partial charge in [-0.15, -0.1) is 0 Å². The molecular weight excluding hydrogens is 287 g/mol. The molecule has 118 valence electrons. The van der Waals surface area contributed by atoms with Crippen molar-refractivity contribution < 1.29 is 4.39 Å². The maximum Gasteiger partial charge on any atom is 0.127 e. The minimum atomic E-state index is -0.250. The van der Waals surface area contributed by atoms with E-state index in [2.05, 4.69) is 18.7 Å². The van der Waals surface area contributed by atoms with E-state index >= 15 is 0 Å². The highest BCUT2D eigenvalue weighted by molar-refractivity contribution is 6.30. The quantitative estimate of drug-likeness (QED) is 0.860. The number of rotatable bonds is 6. The smallest absolute Gasteiger partial charge is 0.127 e. The van der Waals surface area contributed by atoms with Gasteiger partial charge in [-0.2, -0.15) is 0 Å². The maximum atomic E-state index is 14.0. The van der Waals surface area contributed by atoms with E-state index in [0.717, 1.165) is 25.9 Å². The third kappa shape index (κ3) is 3.41. The fourth-order valence-electron chi connectivity index (χ4n) is 3.73. The Hall–Kier alpha value is -0.640. The molecule has 1 aromatic rings. The first-order valence-corrected chi connectivity index (χ1v) is 8.36. The zero-order valence-electron chi connectivity index (χ0n) is 13.0. The Morgan fingerprint density at radius 2 is 1.90 bits per heavy atom. The van der Waals surface area contributed by atoms with Crippen LogP contribution in [-0.4, -0.2) is 29.6 Å². The third-order valence-corrected chi connectivity index (χ3v) is 5.34. The SMILES string of the molecule is CCC(CC)(C(N)Cc1ccc(Cl)cc1F)N1CCCC1. The van der Waals surface area contributed by atoms with Crippen molar-refractivity contribution in [3.05, 3.63) is 34.6 Å². The summed E-state index contributed by atoms with van der Waals surface area (Å²) in [6, 6.07) is 4.81. The molecule has 0 aromatic heterocycles. The van der Waals surface area contributed by atoms with Crippen LogP contribution in [0.2, 0.25) is 5.02 Å². The van der Waals surface area contributed by atoms with E-state index < -0.39 is 0 Å². The first-order valence-electron chi connectivity index (χ1n) is 7.98. The number of nitrogens with zero attached hydrogens (tertiary/aromatic N) is 1. The van der Waals surface area contributed by atoms with Crippen molar-refractivity contribution in [2.75, 3.05) is 13.1 Å². The van der Waals surface area contributed by atoms with Crippen molar-refractivity contribution in [3.8, 4) is 0 Å². The number of hydrogen-bond donors (Lipinski definition) is 1. The zero-order chi connectivity index (χ0) is 15.5. The molecular formula is C17H26ClFN2. The molecule has 0 radical (unpaired) electrons. The van der Waals surface area contributed by atoms with E-state index in [1.807, 2.05) is 0 Å². The van der Waals surface area contributed by atoms with Gasteiger partial charge >= 0.3 is 0 Å². The molecule has 1 aliphatic rings. The van der Waals surface area contributed by atoms with Crippen molar-refractivity contribution >= 4 is 11.6 Å². The highest BCUT2D eigenvalue weighted by atomic mass is 35.5. The lowest BCUT2D eigenvalue weighted by Gasteiger charge is -2.45. The van der Waals surface area contributed by atoms with Crippen molar-refractivity contribution in [2.24, 2.45) is 5.73 Å². The van der Waals surface area contributed by atoms with Gasteiger partial charge in [0, 0.05) is 16.6 Å². The van der Waals surface area contributed by atoms with E-state index in [0.29, 0.717) is 17.0 Å². The van der Waals surface area contributed by atoms with Crippen LogP contribution in [0.15, 0.2) is 18.2 Å². The summed E-state index contributed by atoms with van der Waals surface area (Å²) in [6.45, 7) is 6.61. The lowest BCUT2D eigenvalue weighted by molar-refractivity contribution is 0.0765. The summed E-state index contributed by atoms with van der Waals surface area (Å²) in [5.74, 6) is -0.250. The average Bonchev–Trinajstić information content (AvgIpc) is 2.99. The molecule has 1 fully saturated rings. The summed E-state index contributed by atoms with van der Waals surface area (Å²) in [4.78, 5) is 2.52. The fraction of sp³-hybridized carbons (Fsp3) is 0.647. The molecule has 1 atom stereocenters. The lowest BCUT2D eigenvalue weighted by atomic mass is 9.80. The van der Waals surface area contributed by atoms with Gasteiger partial charge in [-0.25, -0.2) is 4.39 Å². The summed E-state index contributed by atoms with van der Waals surface area (Å²) in [6.07, 6.45) is 5.04. The Morgan fingerprint density at radius 1 is 1.29 bits per heavy atom. The first-order chi connectivity index (χ1) is 10.0. The van der Waals surface area contributed by atoms with E-state index in [1.165, 1.54) is 18.9 Å². The van der Waals surface area contributed by atoms with Crippen LogP contribution in [-0.2, 0) is 6.42 Å². The molecule has 1 aliphatic heterocycles. The van der Waals surface area contributed by atoms with Gasteiger partial charge in [0.15, 0.2) is 0 Å². The van der Waals surface area contributed by atoms with Gasteiger partial charge in [0.25, 0.3) is 0 Å². The average molecular weight is 313 g/mol. The summed E-state index contributed by atoms with van der Waals surface area (Å²) in [7, 11) is 0. The molecule has 0 spiro atoms. The molecule has 1 unspecified atom stereocenters. The predicted octanol–water partition coefficient (Wildman–Crippen LogP) is 4.00. The van der Waals surface area contributed by atoms with Crippen molar-refractivity contribution in [2.45, 2.75) is 57.5 Å². The fourth-order valence-corrected chi connectivity index (χ4v) is 3.89. The van der Waals surface area contributed by atoms with E-state index in [9.17, 15) is 4.39 Å². The van der Waals surface area contributed by atoms with Crippen LogP contribution in [0, 0.1) is 5.82 Å². The molecule has 0 aliphatic carbocycles. The van der Waals surface area contributed by atoms with Crippen LogP contribution >= 0.6 is 11.6 Å². The van der Waals surface area contributed by atoms with Gasteiger partial charge in [-0.3, -0.25) is 4.90 Å². The highest BCUT2D eigenvalue weighted by Crippen LogP contribution is 2.32. The second-order valence-corrected chi connectivity index (χ2v) is 6.49. The van der Waals surface area contributed by atoms with E-state index in [-0.39, 0.29) is 17.4 Å². The van der Waals surface area contributed by atoms with Crippen LogP contribution in [0.25, 0.3) is 0 Å². The molecule has 0 amide bonds. The molecule has 1 heterocycles. The van der Waals surface area contributed by atoms with Crippen LogP contribution < -0.4 is 5.73 Å². The highest BCUT2D eigenvalue weighted by Gasteiger charge is 2.40. The zero-order valence-corrected chi connectivity index (χ0v) is 13.8. The van der Waals surface area contributed by atoms with Crippen LogP contribution in [0.3, 0.4) is 0 Å². The Kier molecular flexibility index (Phi) is 5.64. The van der Waals surface area contributed by atoms with Gasteiger partial charge in [-0.05, 0) is 62.9 Å². The standard InChI is InChI=1S/C17H26ClFN2/c1-3-17(4-2,21-9-5-6-10-21)16(20)11-13-7-8-14(18)12-15(13)19/h7-8,12,16H,3-6,9-11,20H2,1-2H3. The number of nitrogens with two attached hydrogens (primary N) is 1. The minimum Gasteiger partial charge on any atom is -0.326 e. The molecule has 0 saturated carbocycles. The van der Waals surface area contributed by atoms with Crippen molar-refractivity contribution in [1.29, 1.82) is 0 Å². The summed E-state index contributed by atoms with van der Waals surface area (Å²) >= 11 is 5.82. The second-order valence-electron chi connectivity index (χ2n) is 6.05. The predicted molar refractivity (Wildman–Crippen MR) is 87.2 cm³/mol. The summed E-state index contributed by atoms with van der Waals surface area (Å²) in [5.41, 5.74) is 7.19. The molecule has 1 saturated heterocycles. The first kappa shape index (κ1) is 16.7.